The molecule has 0 bridgehead atoms. The molecule has 0 saturated heterocycles. The van der Waals surface area contributed by atoms with Gasteiger partial charge in [0.1, 0.15) is 5.75 Å². The van der Waals surface area contributed by atoms with Gasteiger partial charge in [-0.15, -0.1) is 0 Å². The molecule has 0 aliphatic carbocycles. The van der Waals surface area contributed by atoms with Crippen molar-refractivity contribution in [1.29, 1.82) is 0 Å². The van der Waals surface area contributed by atoms with E-state index in [9.17, 15) is 14.7 Å². The molecule has 2 aromatic rings. The summed E-state index contributed by atoms with van der Waals surface area (Å²) >= 11 is 0. The first-order valence-electron chi connectivity index (χ1n) is 9.23. The molecule has 3 rings (SSSR count). The number of amides is 1. The molecule has 0 fully saturated rings. The Balaban J connectivity index is 2.11. The highest BCUT2D eigenvalue weighted by Gasteiger charge is 2.36. The largest absolute Gasteiger partial charge is 0.507 e. The van der Waals surface area contributed by atoms with Gasteiger partial charge in [0.15, 0.2) is 0 Å². The Kier molecular flexibility index (Phi) is 4.41. The number of carbonyl (C=O) groups excluding carboxylic acids is 2. The van der Waals surface area contributed by atoms with Gasteiger partial charge in [-0.25, -0.2) is 0 Å². The van der Waals surface area contributed by atoms with Gasteiger partial charge in [0, 0.05) is 0 Å². The summed E-state index contributed by atoms with van der Waals surface area (Å²) < 4.78 is 0. The van der Waals surface area contributed by atoms with Crippen LogP contribution in [0.25, 0.3) is 0 Å². The van der Waals surface area contributed by atoms with Crippen LogP contribution in [0.15, 0.2) is 36.4 Å². The van der Waals surface area contributed by atoms with Gasteiger partial charge in [0.05, 0.1) is 17.8 Å². The molecule has 142 valence electrons. The highest BCUT2D eigenvalue weighted by Crippen LogP contribution is 2.40. The number of nitrogens with zero attached hydrogens (tertiary/aromatic N) is 1. The summed E-state index contributed by atoms with van der Waals surface area (Å²) in [5.41, 5.74) is 3.20. The van der Waals surface area contributed by atoms with E-state index in [0.29, 0.717) is 23.5 Å². The Bertz CT molecular complexity index is 894. The first-order chi connectivity index (χ1) is 12.4. The molecule has 4 nitrogen and oxygen atoms in total. The molecule has 0 spiro atoms. The zero-order chi connectivity index (χ0) is 20.1. The summed E-state index contributed by atoms with van der Waals surface area (Å²) in [6.07, 6.45) is 0. The van der Waals surface area contributed by atoms with E-state index in [2.05, 4.69) is 41.5 Å². The Morgan fingerprint density at radius 3 is 1.93 bits per heavy atom. The van der Waals surface area contributed by atoms with E-state index in [-0.39, 0.29) is 10.8 Å². The lowest BCUT2D eigenvalue weighted by Crippen LogP contribution is -2.29. The minimum absolute atomic E-state index is 0.247. The quantitative estimate of drug-likeness (QED) is 0.784. The molecule has 1 amide bonds. The third-order valence-electron chi connectivity index (χ3n) is 5.01. The summed E-state index contributed by atoms with van der Waals surface area (Å²) in [6.45, 7) is 12.6. The number of ketones is 1. The fraction of sp³-hybridized carbons (Fsp3) is 0.391. The van der Waals surface area contributed by atoms with E-state index in [1.54, 1.807) is 18.2 Å². The van der Waals surface area contributed by atoms with Crippen LogP contribution in [0, 0.1) is 0 Å². The number of carbonyl (C=O) groups is 2. The molecule has 0 aromatic heterocycles. The van der Waals surface area contributed by atoms with E-state index >= 15 is 0 Å². The first-order valence-corrected chi connectivity index (χ1v) is 9.23. The van der Waals surface area contributed by atoms with Crippen molar-refractivity contribution in [1.82, 2.24) is 0 Å². The number of phenolic OH excluding ortho intramolecular Hbond substituents is 1. The molecule has 27 heavy (non-hydrogen) atoms. The van der Waals surface area contributed by atoms with Gasteiger partial charge in [-0.1, -0.05) is 53.7 Å². The molecule has 0 saturated carbocycles. The van der Waals surface area contributed by atoms with Crippen molar-refractivity contribution in [3.63, 3.8) is 0 Å². The molecular formula is C23H27NO3. The molecule has 1 N–H and O–H groups in total. The molecule has 1 aliphatic heterocycles. The number of Topliss-reactive ketones (excluding diaryl/α,β-unsaturated/α-hetero) is 1. The second-order valence-electron chi connectivity index (χ2n) is 9.28. The van der Waals surface area contributed by atoms with Crippen molar-refractivity contribution in [2.45, 2.75) is 58.9 Å². The van der Waals surface area contributed by atoms with E-state index in [1.807, 2.05) is 18.2 Å². The lowest BCUT2D eigenvalue weighted by Gasteiger charge is -2.29. The smallest absolute Gasteiger partial charge is 0.299 e. The summed E-state index contributed by atoms with van der Waals surface area (Å²) in [5.74, 6) is -0.654. The van der Waals surface area contributed by atoms with Crippen LogP contribution in [-0.2, 0) is 22.2 Å². The normalized spacial score (nSPS) is 14.7. The zero-order valence-electron chi connectivity index (χ0n) is 16.9. The van der Waals surface area contributed by atoms with Crippen molar-refractivity contribution in [3.8, 4) is 5.75 Å². The van der Waals surface area contributed by atoms with Crippen LogP contribution in [0.2, 0.25) is 0 Å². The maximum absolute atomic E-state index is 12.5. The number of rotatable bonds is 2. The van der Waals surface area contributed by atoms with Crippen LogP contribution in [0.5, 0.6) is 5.75 Å². The standard InChI is InChI=1S/C23H27NO3/c1-22(2,3)16-11-14(12-17(20(16)26)23(4,5)6)13-24-18-10-8-7-9-15(18)19(25)21(24)27/h7-12,26H,13H2,1-6H3. The van der Waals surface area contributed by atoms with Gasteiger partial charge >= 0.3 is 0 Å². The molecule has 1 aliphatic rings. The number of hydrogen-bond donors (Lipinski definition) is 1. The number of hydrogen-bond acceptors (Lipinski definition) is 3. The van der Waals surface area contributed by atoms with Crippen molar-refractivity contribution in [2.75, 3.05) is 4.90 Å². The SMILES string of the molecule is CC(C)(C)c1cc(CN2C(=O)C(=O)c3ccccc32)cc(C(C)(C)C)c1O. The average Bonchev–Trinajstić information content (AvgIpc) is 2.79. The monoisotopic (exact) mass is 365 g/mol. The van der Waals surface area contributed by atoms with Gasteiger partial charge in [-0.3, -0.25) is 9.59 Å². The van der Waals surface area contributed by atoms with Crippen LogP contribution in [0.1, 0.15) is 68.6 Å². The van der Waals surface area contributed by atoms with Crippen LogP contribution in [-0.4, -0.2) is 16.8 Å². The Morgan fingerprint density at radius 2 is 1.41 bits per heavy atom. The molecular weight excluding hydrogens is 338 g/mol. The van der Waals surface area contributed by atoms with Gasteiger partial charge in [0.25, 0.3) is 11.7 Å². The highest BCUT2D eigenvalue weighted by atomic mass is 16.3. The first kappa shape index (κ1) is 19.2. The third kappa shape index (κ3) is 3.36. The number of para-hydroxylation sites is 1. The Morgan fingerprint density at radius 1 is 0.889 bits per heavy atom. The summed E-state index contributed by atoms with van der Waals surface area (Å²) in [4.78, 5) is 26.3. The molecule has 0 atom stereocenters. The number of aromatic hydroxyl groups is 1. The number of anilines is 1. The number of phenols is 1. The highest BCUT2D eigenvalue weighted by molar-refractivity contribution is 6.52. The molecule has 1 heterocycles. The lowest BCUT2D eigenvalue weighted by molar-refractivity contribution is -0.114. The minimum Gasteiger partial charge on any atom is -0.507 e. The third-order valence-corrected chi connectivity index (χ3v) is 5.01. The van der Waals surface area contributed by atoms with E-state index in [0.717, 1.165) is 16.7 Å². The van der Waals surface area contributed by atoms with Crippen molar-refractivity contribution in [2.24, 2.45) is 0 Å². The van der Waals surface area contributed by atoms with Crippen molar-refractivity contribution < 1.29 is 14.7 Å². The van der Waals surface area contributed by atoms with Gasteiger partial charge in [-0.2, -0.15) is 0 Å². The lowest BCUT2D eigenvalue weighted by atomic mass is 9.78. The second-order valence-corrected chi connectivity index (χ2v) is 9.28. The molecule has 4 heteroatoms. The second kappa shape index (κ2) is 6.22. The van der Waals surface area contributed by atoms with E-state index in [4.69, 9.17) is 0 Å². The number of benzene rings is 2. The minimum atomic E-state index is -0.501. The van der Waals surface area contributed by atoms with Crippen molar-refractivity contribution >= 4 is 17.4 Å². The van der Waals surface area contributed by atoms with Gasteiger partial charge < -0.3 is 10.0 Å². The number of fused-ring (bicyclic) bond motifs is 1. The topological polar surface area (TPSA) is 57.6 Å². The molecule has 2 aromatic carbocycles. The van der Waals surface area contributed by atoms with Crippen LogP contribution < -0.4 is 4.90 Å². The molecule has 0 radical (unpaired) electrons. The maximum Gasteiger partial charge on any atom is 0.299 e. The van der Waals surface area contributed by atoms with E-state index in [1.165, 1.54) is 4.90 Å². The summed E-state index contributed by atoms with van der Waals surface area (Å²) in [6, 6.07) is 11.0. The summed E-state index contributed by atoms with van der Waals surface area (Å²) in [7, 11) is 0. The van der Waals surface area contributed by atoms with Crippen LogP contribution >= 0.6 is 0 Å². The Labute approximate surface area is 160 Å². The van der Waals surface area contributed by atoms with Gasteiger partial charge in [-0.05, 0) is 51.8 Å². The fourth-order valence-electron chi connectivity index (χ4n) is 3.52. The zero-order valence-corrected chi connectivity index (χ0v) is 16.9. The fourth-order valence-corrected chi connectivity index (χ4v) is 3.52. The van der Waals surface area contributed by atoms with Crippen LogP contribution in [0.3, 0.4) is 0 Å². The maximum atomic E-state index is 12.5. The predicted octanol–water partition coefficient (Wildman–Crippen LogP) is 4.72. The van der Waals surface area contributed by atoms with Gasteiger partial charge in [0.2, 0.25) is 0 Å². The Hall–Kier alpha value is -2.62. The van der Waals surface area contributed by atoms with Crippen LogP contribution in [0.4, 0.5) is 5.69 Å². The predicted molar refractivity (Wildman–Crippen MR) is 107 cm³/mol. The average molecular weight is 365 g/mol. The van der Waals surface area contributed by atoms with E-state index < -0.39 is 11.7 Å². The van der Waals surface area contributed by atoms with Crippen molar-refractivity contribution in [3.05, 3.63) is 58.7 Å². The molecule has 0 unspecified atom stereocenters. The summed E-state index contributed by atoms with van der Waals surface area (Å²) in [5, 5.41) is 10.9.